The third-order valence-corrected chi connectivity index (χ3v) is 12.8. The standard InChI is InChI=1S/C35H47NO14/c1-17(38)50-34-14-23(46-5)33(42)13-20(24(34)29(33)49-30(40)18-8-10-19(44-3)11-9-18)35-22(45-4)12-21(39)32(15-43-2,31(41)48-7)27(35)26(47-6)25(34)28(35)36-16-37/h8-11,16,20-29,39,42H,12-15H2,1-7H3,(H,36,37)/t20-,21-,22+,23+,24-,25+,26+,27-,28-,29-,32-,33+,34-,35+/m1/s1. The Balaban J connectivity index is 1.65. The Morgan fingerprint density at radius 1 is 0.960 bits per heavy atom. The fourth-order valence-electron chi connectivity index (χ4n) is 11.5. The lowest BCUT2D eigenvalue weighted by Crippen LogP contribution is -2.75. The van der Waals surface area contributed by atoms with Crippen molar-refractivity contribution in [1.29, 1.82) is 0 Å². The average Bonchev–Trinajstić information content (AvgIpc) is 3.52. The van der Waals surface area contributed by atoms with Gasteiger partial charge in [-0.2, -0.15) is 0 Å². The molecule has 1 aromatic rings. The van der Waals surface area contributed by atoms with Gasteiger partial charge in [-0.25, -0.2) is 4.79 Å². The average molecular weight is 706 g/mol. The number of aliphatic hydroxyl groups is 2. The van der Waals surface area contributed by atoms with Crippen LogP contribution < -0.4 is 10.1 Å². The van der Waals surface area contributed by atoms with E-state index in [9.17, 15) is 29.4 Å². The van der Waals surface area contributed by atoms with Crippen molar-refractivity contribution in [3.05, 3.63) is 29.8 Å². The summed E-state index contributed by atoms with van der Waals surface area (Å²) in [4.78, 5) is 53.9. The van der Waals surface area contributed by atoms with Crippen LogP contribution in [0.5, 0.6) is 5.75 Å². The third kappa shape index (κ3) is 4.56. The molecule has 15 heteroatoms. The van der Waals surface area contributed by atoms with Crippen molar-refractivity contribution in [2.45, 2.75) is 73.9 Å². The molecule has 4 bridgehead atoms. The van der Waals surface area contributed by atoms with Crippen LogP contribution in [0, 0.1) is 34.5 Å². The van der Waals surface area contributed by atoms with Crippen LogP contribution in [0.2, 0.25) is 0 Å². The summed E-state index contributed by atoms with van der Waals surface area (Å²) in [6.07, 6.45) is -5.20. The number of rotatable bonds is 12. The summed E-state index contributed by atoms with van der Waals surface area (Å²) in [6.45, 7) is 0.963. The van der Waals surface area contributed by atoms with Gasteiger partial charge in [0.1, 0.15) is 28.5 Å². The summed E-state index contributed by atoms with van der Waals surface area (Å²) in [5.74, 6) is -5.26. The molecule has 0 aliphatic heterocycles. The Hall–Kier alpha value is -3.34. The zero-order valence-corrected chi connectivity index (χ0v) is 29.3. The first-order valence-electron chi connectivity index (χ1n) is 16.7. The number of benzene rings is 1. The van der Waals surface area contributed by atoms with Crippen LogP contribution in [0.15, 0.2) is 24.3 Å². The monoisotopic (exact) mass is 705 g/mol. The van der Waals surface area contributed by atoms with Crippen molar-refractivity contribution >= 4 is 24.3 Å². The summed E-state index contributed by atoms with van der Waals surface area (Å²) < 4.78 is 47.5. The fourth-order valence-corrected chi connectivity index (χ4v) is 11.5. The van der Waals surface area contributed by atoms with E-state index in [1.165, 1.54) is 61.7 Å². The highest BCUT2D eigenvalue weighted by atomic mass is 16.6. The number of hydrogen-bond acceptors (Lipinski definition) is 14. The van der Waals surface area contributed by atoms with Gasteiger partial charge in [-0.05, 0) is 36.6 Å². The van der Waals surface area contributed by atoms with Gasteiger partial charge in [0.15, 0.2) is 0 Å². The smallest absolute Gasteiger partial charge is 0.338 e. The number of fused-ring (bicyclic) bond motifs is 3. The topological polar surface area (TPSA) is 195 Å². The molecule has 5 fully saturated rings. The summed E-state index contributed by atoms with van der Waals surface area (Å²) in [5.41, 5.74) is -6.29. The second-order valence-electron chi connectivity index (χ2n) is 14.3. The number of esters is 3. The summed E-state index contributed by atoms with van der Waals surface area (Å²) >= 11 is 0. The van der Waals surface area contributed by atoms with Crippen LogP contribution >= 0.6 is 0 Å². The van der Waals surface area contributed by atoms with Crippen molar-refractivity contribution in [1.82, 2.24) is 5.32 Å². The Labute approximate surface area is 290 Å². The molecule has 50 heavy (non-hydrogen) atoms. The molecule has 0 unspecified atom stereocenters. The lowest BCUT2D eigenvalue weighted by molar-refractivity contribution is -0.269. The molecule has 0 saturated heterocycles. The molecule has 6 rings (SSSR count). The Kier molecular flexibility index (Phi) is 9.49. The van der Waals surface area contributed by atoms with E-state index in [2.05, 4.69) is 5.32 Å². The molecule has 5 saturated carbocycles. The number of carbonyl (C=O) groups excluding carboxylic acids is 4. The molecule has 0 heterocycles. The van der Waals surface area contributed by atoms with Gasteiger partial charge in [0.25, 0.3) is 0 Å². The lowest BCUT2D eigenvalue weighted by Gasteiger charge is -2.64. The minimum Gasteiger partial charge on any atom is -0.497 e. The highest BCUT2D eigenvalue weighted by Crippen LogP contribution is 2.78. The first-order chi connectivity index (χ1) is 23.9. The van der Waals surface area contributed by atoms with Crippen molar-refractivity contribution < 1.29 is 67.3 Å². The first-order valence-corrected chi connectivity index (χ1v) is 16.7. The zero-order valence-electron chi connectivity index (χ0n) is 29.3. The van der Waals surface area contributed by atoms with Gasteiger partial charge in [-0.1, -0.05) is 0 Å². The van der Waals surface area contributed by atoms with E-state index in [1.807, 2.05) is 0 Å². The second-order valence-corrected chi connectivity index (χ2v) is 14.3. The number of amides is 1. The first kappa shape index (κ1) is 36.5. The molecule has 276 valence electrons. The molecule has 5 aliphatic rings. The fraction of sp³-hybridized carbons (Fsp3) is 0.714. The van der Waals surface area contributed by atoms with E-state index in [0.717, 1.165) is 0 Å². The minimum atomic E-state index is -1.82. The Morgan fingerprint density at radius 3 is 2.18 bits per heavy atom. The number of hydrogen-bond donors (Lipinski definition) is 3. The lowest BCUT2D eigenvalue weighted by atomic mass is 9.44. The van der Waals surface area contributed by atoms with Crippen LogP contribution in [0.25, 0.3) is 0 Å². The number of carbonyl (C=O) groups is 4. The highest BCUT2D eigenvalue weighted by molar-refractivity contribution is 5.89. The predicted molar refractivity (Wildman–Crippen MR) is 170 cm³/mol. The van der Waals surface area contributed by atoms with Crippen LogP contribution in [-0.2, 0) is 47.5 Å². The second kappa shape index (κ2) is 13.0. The Morgan fingerprint density at radius 2 is 1.64 bits per heavy atom. The van der Waals surface area contributed by atoms with Crippen LogP contribution in [0.3, 0.4) is 0 Å². The summed E-state index contributed by atoms with van der Waals surface area (Å²) in [7, 11) is 8.45. The van der Waals surface area contributed by atoms with Gasteiger partial charge < -0.3 is 53.4 Å². The third-order valence-electron chi connectivity index (χ3n) is 12.8. The number of nitrogens with one attached hydrogen (secondary N) is 1. The molecule has 5 aliphatic carbocycles. The van der Waals surface area contributed by atoms with Crippen molar-refractivity contribution in [2.24, 2.45) is 34.5 Å². The van der Waals surface area contributed by atoms with Crippen LogP contribution in [-0.4, -0.2) is 132 Å². The zero-order chi connectivity index (χ0) is 36.4. The van der Waals surface area contributed by atoms with Gasteiger partial charge in [0.2, 0.25) is 6.41 Å². The predicted octanol–water partition coefficient (Wildman–Crippen LogP) is 0.269. The Bertz CT molecular complexity index is 1490. The molecule has 3 N–H and O–H groups in total. The highest BCUT2D eigenvalue weighted by Gasteiger charge is 2.89. The van der Waals surface area contributed by atoms with Gasteiger partial charge in [0, 0.05) is 77.4 Å². The maximum atomic E-state index is 14.1. The van der Waals surface area contributed by atoms with Gasteiger partial charge in [-0.3, -0.25) is 14.4 Å². The molecule has 1 aromatic carbocycles. The molecule has 1 spiro atoms. The SMILES string of the molecule is COC[C@@]1(C(=O)OC)[C@H](O)C[C@H](OC)[C@@]23[C@@H]4C[C@]5(O)[C@@H](OC)C[C@@](OC(C)=O)([C@H]4[C@H]5OC(=O)c4ccc(OC)cc4)[C@@H]([C@H](OC)[C@H]12)[C@H]3NC=O. The maximum absolute atomic E-state index is 14.1. The number of aliphatic hydroxyl groups excluding tert-OH is 1. The van der Waals surface area contributed by atoms with Crippen molar-refractivity contribution in [3.63, 3.8) is 0 Å². The van der Waals surface area contributed by atoms with Crippen LogP contribution in [0.4, 0.5) is 0 Å². The number of ether oxygens (including phenoxy) is 8. The molecule has 0 aromatic heterocycles. The normalized spacial score (nSPS) is 43.7. The molecule has 1 amide bonds. The van der Waals surface area contributed by atoms with Crippen molar-refractivity contribution in [2.75, 3.05) is 49.3 Å². The maximum Gasteiger partial charge on any atom is 0.338 e. The molecule has 15 nitrogen and oxygen atoms in total. The largest absolute Gasteiger partial charge is 0.497 e. The molecular formula is C35H47NO14. The van der Waals surface area contributed by atoms with E-state index in [-0.39, 0.29) is 31.4 Å². The van der Waals surface area contributed by atoms with Crippen LogP contribution in [0.1, 0.15) is 36.5 Å². The summed E-state index contributed by atoms with van der Waals surface area (Å²) in [5, 5.41) is 27.7. The van der Waals surface area contributed by atoms with Crippen molar-refractivity contribution in [3.8, 4) is 5.75 Å². The van der Waals surface area contributed by atoms with Gasteiger partial charge in [-0.15, -0.1) is 0 Å². The molecule has 14 atom stereocenters. The van der Waals surface area contributed by atoms with Gasteiger partial charge >= 0.3 is 17.9 Å². The van der Waals surface area contributed by atoms with E-state index in [1.54, 1.807) is 12.1 Å². The van der Waals surface area contributed by atoms with E-state index < -0.39 is 100 Å². The minimum absolute atomic E-state index is 0.0581. The molecule has 0 radical (unpaired) electrons. The van der Waals surface area contributed by atoms with E-state index in [4.69, 9.17) is 37.9 Å². The molecular weight excluding hydrogens is 658 g/mol. The van der Waals surface area contributed by atoms with Gasteiger partial charge in [0.05, 0.1) is 50.8 Å². The van der Waals surface area contributed by atoms with E-state index in [0.29, 0.717) is 12.2 Å². The number of methoxy groups -OCH3 is 6. The summed E-state index contributed by atoms with van der Waals surface area (Å²) in [6, 6.07) is 5.39. The van der Waals surface area contributed by atoms with E-state index >= 15 is 0 Å². The quantitative estimate of drug-likeness (QED) is 0.152.